The summed E-state index contributed by atoms with van der Waals surface area (Å²) >= 11 is 0. The molecule has 0 bridgehead atoms. The molecule has 2 fully saturated rings. The molecule has 1 atom stereocenters. The first-order valence-electron chi connectivity index (χ1n) is 6.81. The number of carbonyl (C=O) groups excluding carboxylic acids is 1. The van der Waals surface area contributed by atoms with Crippen LogP contribution in [0.2, 0.25) is 0 Å². The summed E-state index contributed by atoms with van der Waals surface area (Å²) in [5, 5.41) is 6.47. The summed E-state index contributed by atoms with van der Waals surface area (Å²) in [5.74, 6) is 0.915. The number of hydrogen-bond donors (Lipinski definition) is 2. The molecule has 2 N–H and O–H groups in total. The molecule has 0 aromatic rings. The Morgan fingerprint density at radius 2 is 2.29 bits per heavy atom. The fourth-order valence-electron chi connectivity index (χ4n) is 2.68. The highest BCUT2D eigenvalue weighted by Crippen LogP contribution is 2.23. The third-order valence-corrected chi connectivity index (χ3v) is 3.97. The van der Waals surface area contributed by atoms with E-state index in [9.17, 15) is 4.79 Å². The molecule has 2 rings (SSSR count). The largest absolute Gasteiger partial charge is 0.381 e. The van der Waals surface area contributed by atoms with Gasteiger partial charge in [-0.15, -0.1) is 0 Å². The maximum Gasteiger partial charge on any atom is 0.220 e. The van der Waals surface area contributed by atoms with Crippen molar-refractivity contribution < 1.29 is 9.53 Å². The zero-order valence-corrected chi connectivity index (χ0v) is 10.7. The highest BCUT2D eigenvalue weighted by atomic mass is 16.5. The van der Waals surface area contributed by atoms with Crippen LogP contribution in [-0.4, -0.2) is 38.3 Å². The lowest BCUT2D eigenvalue weighted by atomic mass is 9.89. The van der Waals surface area contributed by atoms with E-state index in [0.717, 1.165) is 32.4 Å². The van der Waals surface area contributed by atoms with Gasteiger partial charge in [0.25, 0.3) is 0 Å². The number of rotatable bonds is 5. The predicted molar refractivity (Wildman–Crippen MR) is 66.8 cm³/mol. The second-order valence-electron chi connectivity index (χ2n) is 5.34. The number of piperidine rings is 1. The van der Waals surface area contributed by atoms with Crippen molar-refractivity contribution in [1.82, 2.24) is 10.6 Å². The lowest BCUT2D eigenvalue weighted by molar-refractivity contribution is -0.123. The SMILES string of the molecule is COC1CC(NC(=O)CCC2CCCNC2)C1. The van der Waals surface area contributed by atoms with Gasteiger partial charge in [-0.2, -0.15) is 0 Å². The van der Waals surface area contributed by atoms with Gasteiger partial charge in [0.05, 0.1) is 6.10 Å². The van der Waals surface area contributed by atoms with Crippen molar-refractivity contribution in [2.24, 2.45) is 5.92 Å². The Bertz CT molecular complexity index is 246. The lowest BCUT2D eigenvalue weighted by Gasteiger charge is -2.34. The fourth-order valence-corrected chi connectivity index (χ4v) is 2.68. The molecule has 0 spiro atoms. The van der Waals surface area contributed by atoms with Gasteiger partial charge in [0.2, 0.25) is 5.91 Å². The van der Waals surface area contributed by atoms with Gasteiger partial charge in [-0.05, 0) is 51.1 Å². The van der Waals surface area contributed by atoms with E-state index in [1.165, 1.54) is 12.8 Å². The van der Waals surface area contributed by atoms with Gasteiger partial charge in [0.15, 0.2) is 0 Å². The van der Waals surface area contributed by atoms with Crippen LogP contribution in [0, 0.1) is 5.92 Å². The molecule has 17 heavy (non-hydrogen) atoms. The average Bonchev–Trinajstić information content (AvgIpc) is 2.32. The standard InChI is InChI=1S/C13H24N2O2/c1-17-12-7-11(8-12)15-13(16)5-4-10-3-2-6-14-9-10/h10-12,14H,2-9H2,1H3,(H,15,16). The van der Waals surface area contributed by atoms with E-state index >= 15 is 0 Å². The van der Waals surface area contributed by atoms with Crippen molar-refractivity contribution in [2.75, 3.05) is 20.2 Å². The summed E-state index contributed by atoms with van der Waals surface area (Å²) < 4.78 is 5.19. The summed E-state index contributed by atoms with van der Waals surface area (Å²) in [5.41, 5.74) is 0. The molecule has 1 aliphatic carbocycles. The van der Waals surface area contributed by atoms with Crippen molar-refractivity contribution in [3.05, 3.63) is 0 Å². The van der Waals surface area contributed by atoms with Crippen molar-refractivity contribution >= 4 is 5.91 Å². The monoisotopic (exact) mass is 240 g/mol. The molecule has 1 heterocycles. The van der Waals surface area contributed by atoms with Crippen molar-refractivity contribution in [3.8, 4) is 0 Å². The molecular weight excluding hydrogens is 216 g/mol. The van der Waals surface area contributed by atoms with Gasteiger partial charge in [-0.3, -0.25) is 4.79 Å². The normalized spacial score (nSPS) is 32.9. The average molecular weight is 240 g/mol. The Kier molecular flexibility index (Phi) is 4.80. The molecular formula is C13H24N2O2. The molecule has 0 aromatic carbocycles. The molecule has 2 aliphatic rings. The van der Waals surface area contributed by atoms with E-state index < -0.39 is 0 Å². The molecule has 98 valence electrons. The van der Waals surface area contributed by atoms with Crippen LogP contribution in [0.25, 0.3) is 0 Å². The van der Waals surface area contributed by atoms with Crippen LogP contribution in [0.5, 0.6) is 0 Å². The zero-order valence-electron chi connectivity index (χ0n) is 10.7. The number of nitrogens with one attached hydrogen (secondary N) is 2. The van der Waals surface area contributed by atoms with E-state index in [1.807, 2.05) is 0 Å². The maximum atomic E-state index is 11.7. The molecule has 4 nitrogen and oxygen atoms in total. The Morgan fingerprint density at radius 3 is 2.94 bits per heavy atom. The number of methoxy groups -OCH3 is 1. The summed E-state index contributed by atoms with van der Waals surface area (Å²) in [6, 6.07) is 0.358. The topological polar surface area (TPSA) is 50.4 Å². The van der Waals surface area contributed by atoms with Crippen molar-refractivity contribution in [1.29, 1.82) is 0 Å². The molecule has 1 amide bonds. The quantitative estimate of drug-likeness (QED) is 0.755. The molecule has 1 aliphatic heterocycles. The van der Waals surface area contributed by atoms with Gasteiger partial charge >= 0.3 is 0 Å². The zero-order chi connectivity index (χ0) is 12.1. The van der Waals surface area contributed by atoms with Gasteiger partial charge in [-0.1, -0.05) is 0 Å². The second-order valence-corrected chi connectivity index (χ2v) is 5.34. The van der Waals surface area contributed by atoms with Crippen LogP contribution in [0.15, 0.2) is 0 Å². The van der Waals surface area contributed by atoms with Crippen LogP contribution >= 0.6 is 0 Å². The molecule has 1 saturated heterocycles. The summed E-state index contributed by atoms with van der Waals surface area (Å²) in [7, 11) is 1.73. The first-order valence-corrected chi connectivity index (χ1v) is 6.81. The first-order chi connectivity index (χ1) is 8.28. The van der Waals surface area contributed by atoms with Gasteiger partial charge in [0, 0.05) is 19.6 Å². The second kappa shape index (κ2) is 6.36. The summed E-state index contributed by atoms with van der Waals surface area (Å²) in [4.78, 5) is 11.7. The number of carbonyl (C=O) groups is 1. The Morgan fingerprint density at radius 1 is 1.47 bits per heavy atom. The van der Waals surface area contributed by atoms with E-state index in [-0.39, 0.29) is 5.91 Å². The minimum atomic E-state index is 0.218. The Balaban J connectivity index is 1.55. The third kappa shape index (κ3) is 3.96. The van der Waals surface area contributed by atoms with Gasteiger partial charge < -0.3 is 15.4 Å². The van der Waals surface area contributed by atoms with E-state index in [4.69, 9.17) is 4.74 Å². The van der Waals surface area contributed by atoms with Crippen LogP contribution in [-0.2, 0) is 9.53 Å². The van der Waals surface area contributed by atoms with Crippen LogP contribution in [0.4, 0.5) is 0 Å². The van der Waals surface area contributed by atoms with Crippen LogP contribution in [0.1, 0.15) is 38.5 Å². The van der Waals surface area contributed by atoms with Crippen molar-refractivity contribution in [3.63, 3.8) is 0 Å². The van der Waals surface area contributed by atoms with Crippen LogP contribution in [0.3, 0.4) is 0 Å². The third-order valence-electron chi connectivity index (χ3n) is 3.97. The molecule has 0 aromatic heterocycles. The molecule has 1 saturated carbocycles. The first kappa shape index (κ1) is 12.8. The maximum absolute atomic E-state index is 11.7. The number of ether oxygens (including phenoxy) is 1. The Labute approximate surface area is 103 Å². The van der Waals surface area contributed by atoms with Gasteiger partial charge in [0.1, 0.15) is 0 Å². The molecule has 1 unspecified atom stereocenters. The minimum absolute atomic E-state index is 0.218. The number of hydrogen-bond acceptors (Lipinski definition) is 3. The summed E-state index contributed by atoms with van der Waals surface area (Å²) in [6.07, 6.45) is 6.56. The number of amides is 1. The van der Waals surface area contributed by atoms with E-state index in [2.05, 4.69) is 10.6 Å². The van der Waals surface area contributed by atoms with E-state index in [1.54, 1.807) is 7.11 Å². The van der Waals surface area contributed by atoms with Gasteiger partial charge in [-0.25, -0.2) is 0 Å². The lowest BCUT2D eigenvalue weighted by Crippen LogP contribution is -2.47. The highest BCUT2D eigenvalue weighted by Gasteiger charge is 2.30. The van der Waals surface area contributed by atoms with Crippen LogP contribution < -0.4 is 10.6 Å². The predicted octanol–water partition coefficient (Wildman–Crippen LogP) is 1.06. The Hall–Kier alpha value is -0.610. The van der Waals surface area contributed by atoms with Crippen molar-refractivity contribution in [2.45, 2.75) is 50.7 Å². The fraction of sp³-hybridized carbons (Fsp3) is 0.923. The minimum Gasteiger partial charge on any atom is -0.381 e. The van der Waals surface area contributed by atoms with E-state index in [0.29, 0.717) is 24.5 Å². The molecule has 0 radical (unpaired) electrons. The highest BCUT2D eigenvalue weighted by molar-refractivity contribution is 5.76. The summed E-state index contributed by atoms with van der Waals surface area (Å²) in [6.45, 7) is 2.23. The smallest absolute Gasteiger partial charge is 0.220 e. The molecule has 4 heteroatoms.